The van der Waals surface area contributed by atoms with Gasteiger partial charge in [0.25, 0.3) is 0 Å². The number of hydrogen-bond acceptors (Lipinski definition) is 4. The molecule has 1 N–H and O–H groups in total. The number of anilines is 1. The lowest BCUT2D eigenvalue weighted by Crippen LogP contribution is -3.14. The number of aryl methyl sites for hydroxylation is 1. The van der Waals surface area contributed by atoms with Gasteiger partial charge in [0.1, 0.15) is 0 Å². The predicted octanol–water partition coefficient (Wildman–Crippen LogP) is -0.291. The molecule has 0 unspecified atom stereocenters. The van der Waals surface area contributed by atoms with E-state index in [-0.39, 0.29) is 0 Å². The Labute approximate surface area is 123 Å². The summed E-state index contributed by atoms with van der Waals surface area (Å²) in [5.74, 6) is 0.836. The lowest BCUT2D eigenvalue weighted by molar-refractivity contribution is -0.923. The first-order valence-corrected chi connectivity index (χ1v) is 7.22. The highest BCUT2D eigenvalue weighted by atomic mass is 32.1. The molecule has 0 radical (unpaired) electrons. The number of imidazole rings is 1. The van der Waals surface area contributed by atoms with E-state index in [1.807, 2.05) is 23.9 Å². The molecule has 1 aliphatic rings. The molecule has 1 saturated heterocycles. The molecule has 0 amide bonds. The zero-order valence-electron chi connectivity index (χ0n) is 11.6. The van der Waals surface area contributed by atoms with Crippen molar-refractivity contribution in [3.8, 4) is 0 Å². The summed E-state index contributed by atoms with van der Waals surface area (Å²) >= 11 is 5.38. The molecule has 0 aliphatic carbocycles. The van der Waals surface area contributed by atoms with Crippen molar-refractivity contribution in [1.29, 1.82) is 0 Å². The van der Waals surface area contributed by atoms with Crippen LogP contribution in [0.25, 0.3) is 0 Å². The second kappa shape index (κ2) is 5.72. The Morgan fingerprint density at radius 2 is 1.90 bits per heavy atom. The molecule has 0 atom stereocenters. The summed E-state index contributed by atoms with van der Waals surface area (Å²) < 4.78 is 4.99. The van der Waals surface area contributed by atoms with Crippen LogP contribution in [-0.2, 0) is 13.7 Å². The van der Waals surface area contributed by atoms with E-state index in [9.17, 15) is 0 Å². The number of quaternary nitrogens is 1. The quantitative estimate of drug-likeness (QED) is 0.789. The zero-order chi connectivity index (χ0) is 13.9. The summed E-state index contributed by atoms with van der Waals surface area (Å²) in [6.07, 6.45) is 7.66. The molecular formula is C13H19N6S+. The van der Waals surface area contributed by atoms with E-state index in [0.717, 1.165) is 43.6 Å². The van der Waals surface area contributed by atoms with Gasteiger partial charge in [-0.25, -0.2) is 9.97 Å². The third kappa shape index (κ3) is 2.73. The van der Waals surface area contributed by atoms with Crippen LogP contribution in [0, 0.1) is 4.77 Å². The number of nitrogens with one attached hydrogen (secondary N) is 1. The van der Waals surface area contributed by atoms with Gasteiger partial charge in [-0.15, -0.1) is 0 Å². The largest absolute Gasteiger partial charge is 0.330 e. The Kier molecular flexibility index (Phi) is 3.79. The molecule has 0 bridgehead atoms. The molecule has 1 aliphatic heterocycles. The van der Waals surface area contributed by atoms with Crippen LogP contribution in [-0.4, -0.2) is 45.3 Å². The molecule has 3 rings (SSSR count). The van der Waals surface area contributed by atoms with Gasteiger partial charge in [-0.2, -0.15) is 0 Å². The van der Waals surface area contributed by atoms with Gasteiger partial charge in [0, 0.05) is 31.8 Å². The lowest BCUT2D eigenvalue weighted by atomic mass is 10.3. The monoisotopic (exact) mass is 291 g/mol. The van der Waals surface area contributed by atoms with Crippen LogP contribution in [0.5, 0.6) is 0 Å². The normalized spacial score (nSPS) is 16.6. The minimum Gasteiger partial charge on any atom is -0.330 e. The molecule has 0 aromatic carbocycles. The minimum absolute atomic E-state index is 0.836. The van der Waals surface area contributed by atoms with E-state index in [2.05, 4.69) is 25.6 Å². The second-order valence-electron chi connectivity index (χ2n) is 5.11. The van der Waals surface area contributed by atoms with Crippen LogP contribution in [0.4, 0.5) is 5.95 Å². The summed E-state index contributed by atoms with van der Waals surface area (Å²) in [5.41, 5.74) is 0. The Hall–Kier alpha value is -1.73. The molecule has 0 spiro atoms. The molecule has 0 saturated carbocycles. The molecule has 20 heavy (non-hydrogen) atoms. The fraction of sp³-hybridized carbons (Fsp3) is 0.462. The average Bonchev–Trinajstić information content (AvgIpc) is 2.81. The molecule has 106 valence electrons. The predicted molar refractivity (Wildman–Crippen MR) is 79.2 cm³/mol. The van der Waals surface area contributed by atoms with Crippen molar-refractivity contribution < 1.29 is 4.90 Å². The van der Waals surface area contributed by atoms with Gasteiger partial charge in [-0.3, -0.25) is 4.57 Å². The van der Waals surface area contributed by atoms with E-state index >= 15 is 0 Å². The number of rotatable bonds is 3. The van der Waals surface area contributed by atoms with Gasteiger partial charge in [-0.1, -0.05) is 0 Å². The second-order valence-corrected chi connectivity index (χ2v) is 5.47. The van der Waals surface area contributed by atoms with E-state index in [1.54, 1.807) is 17.3 Å². The van der Waals surface area contributed by atoms with E-state index in [4.69, 9.17) is 12.2 Å². The standard InChI is InChI=1S/C13H18N6S/c1-16-5-8-19(13(16)20)11-17-6-9-18(10-7-17)12-14-3-2-4-15-12/h2-5,8H,6-7,9-11H2,1H3/p+1. The summed E-state index contributed by atoms with van der Waals surface area (Å²) in [5, 5.41) is 0. The van der Waals surface area contributed by atoms with Crippen LogP contribution in [0.15, 0.2) is 30.9 Å². The van der Waals surface area contributed by atoms with Crippen molar-refractivity contribution in [2.75, 3.05) is 31.1 Å². The first-order chi connectivity index (χ1) is 9.74. The molecule has 2 aromatic rings. The SMILES string of the molecule is Cn1ccn(C[NH+]2CCN(c3ncccn3)CC2)c1=S. The average molecular weight is 291 g/mol. The Morgan fingerprint density at radius 3 is 2.50 bits per heavy atom. The molecular weight excluding hydrogens is 272 g/mol. The third-order valence-electron chi connectivity index (χ3n) is 3.72. The maximum Gasteiger partial charge on any atom is 0.225 e. The fourth-order valence-corrected chi connectivity index (χ4v) is 2.69. The maximum absolute atomic E-state index is 5.38. The highest BCUT2D eigenvalue weighted by Crippen LogP contribution is 2.04. The maximum atomic E-state index is 5.38. The summed E-state index contributed by atoms with van der Waals surface area (Å²) in [7, 11) is 1.98. The van der Waals surface area contributed by atoms with Gasteiger partial charge in [0.15, 0.2) is 11.4 Å². The molecule has 1 fully saturated rings. The third-order valence-corrected chi connectivity index (χ3v) is 4.24. The fourth-order valence-electron chi connectivity index (χ4n) is 2.51. The molecule has 2 aromatic heterocycles. The van der Waals surface area contributed by atoms with Crippen molar-refractivity contribution in [2.24, 2.45) is 7.05 Å². The Balaban J connectivity index is 1.59. The molecule has 6 nitrogen and oxygen atoms in total. The number of piperazine rings is 1. The van der Waals surface area contributed by atoms with Gasteiger partial charge >= 0.3 is 0 Å². The number of nitrogens with zero attached hydrogens (tertiary/aromatic N) is 5. The number of aromatic nitrogens is 4. The molecule has 3 heterocycles. The van der Waals surface area contributed by atoms with E-state index in [1.165, 1.54) is 0 Å². The van der Waals surface area contributed by atoms with Crippen molar-refractivity contribution in [1.82, 2.24) is 19.1 Å². The van der Waals surface area contributed by atoms with E-state index in [0.29, 0.717) is 0 Å². The Bertz CT molecular complexity index is 611. The topological polar surface area (TPSA) is 43.3 Å². The lowest BCUT2D eigenvalue weighted by Gasteiger charge is -2.32. The highest BCUT2D eigenvalue weighted by Gasteiger charge is 2.21. The van der Waals surface area contributed by atoms with Crippen molar-refractivity contribution in [3.63, 3.8) is 0 Å². The van der Waals surface area contributed by atoms with E-state index < -0.39 is 0 Å². The van der Waals surface area contributed by atoms with Crippen LogP contribution >= 0.6 is 12.2 Å². The molecule has 7 heteroatoms. The summed E-state index contributed by atoms with van der Waals surface area (Å²) in [4.78, 5) is 12.4. The minimum atomic E-state index is 0.836. The Morgan fingerprint density at radius 1 is 1.20 bits per heavy atom. The van der Waals surface area contributed by atoms with Gasteiger partial charge in [0.2, 0.25) is 5.95 Å². The van der Waals surface area contributed by atoms with Gasteiger partial charge < -0.3 is 14.4 Å². The van der Waals surface area contributed by atoms with Crippen LogP contribution in [0.3, 0.4) is 0 Å². The van der Waals surface area contributed by atoms with Crippen LogP contribution in [0.2, 0.25) is 0 Å². The first-order valence-electron chi connectivity index (χ1n) is 6.81. The van der Waals surface area contributed by atoms with Gasteiger partial charge in [-0.05, 0) is 18.3 Å². The van der Waals surface area contributed by atoms with Crippen LogP contribution in [0.1, 0.15) is 0 Å². The smallest absolute Gasteiger partial charge is 0.225 e. The van der Waals surface area contributed by atoms with Crippen molar-refractivity contribution >= 4 is 18.2 Å². The highest BCUT2D eigenvalue weighted by molar-refractivity contribution is 7.71. The first kappa shape index (κ1) is 13.3. The number of hydrogen-bond donors (Lipinski definition) is 1. The van der Waals surface area contributed by atoms with Crippen molar-refractivity contribution in [3.05, 3.63) is 35.6 Å². The van der Waals surface area contributed by atoms with Crippen LogP contribution < -0.4 is 9.80 Å². The van der Waals surface area contributed by atoms with Crippen molar-refractivity contribution in [2.45, 2.75) is 6.67 Å². The zero-order valence-corrected chi connectivity index (χ0v) is 12.4. The summed E-state index contributed by atoms with van der Waals surface area (Å²) in [6, 6.07) is 1.85. The van der Waals surface area contributed by atoms with Gasteiger partial charge in [0.05, 0.1) is 26.2 Å². The summed E-state index contributed by atoms with van der Waals surface area (Å²) in [6.45, 7) is 5.06.